The summed E-state index contributed by atoms with van der Waals surface area (Å²) in [7, 11) is 1.66. The van der Waals surface area contributed by atoms with Gasteiger partial charge in [-0.15, -0.1) is 0 Å². The molecule has 0 saturated carbocycles. The largest absolute Gasteiger partial charge is 0.492 e. The third-order valence-electron chi connectivity index (χ3n) is 2.58. The van der Waals surface area contributed by atoms with Crippen LogP contribution >= 0.6 is 0 Å². The minimum atomic E-state index is 0.348. The second-order valence-corrected chi connectivity index (χ2v) is 4.31. The molecule has 1 aromatic rings. The molecular formula is C16H23NO3. The summed E-state index contributed by atoms with van der Waals surface area (Å²) in [5.41, 5.74) is 7.44. The van der Waals surface area contributed by atoms with Gasteiger partial charge in [0.15, 0.2) is 0 Å². The standard InChI is InChI=1S/C16H23NO3/c1-14-6-7-16(15(13-14)5-3-8-17)20-10-4-9-19-12-11-18-2/h6-7,13H,4,8-12,17H2,1-2H3. The first-order valence-electron chi connectivity index (χ1n) is 6.77. The van der Waals surface area contributed by atoms with Gasteiger partial charge in [-0.2, -0.15) is 0 Å². The number of benzene rings is 1. The summed E-state index contributed by atoms with van der Waals surface area (Å²) in [6, 6.07) is 5.97. The van der Waals surface area contributed by atoms with Crippen LogP contribution in [-0.4, -0.2) is 40.1 Å². The van der Waals surface area contributed by atoms with Crippen molar-refractivity contribution >= 4 is 0 Å². The van der Waals surface area contributed by atoms with E-state index >= 15 is 0 Å². The van der Waals surface area contributed by atoms with Gasteiger partial charge in [-0.3, -0.25) is 0 Å². The summed E-state index contributed by atoms with van der Waals surface area (Å²) < 4.78 is 16.0. The minimum Gasteiger partial charge on any atom is -0.492 e. The third-order valence-corrected chi connectivity index (χ3v) is 2.58. The smallest absolute Gasteiger partial charge is 0.134 e. The van der Waals surface area contributed by atoms with Gasteiger partial charge < -0.3 is 19.9 Å². The molecule has 110 valence electrons. The first kappa shape index (κ1) is 16.5. The van der Waals surface area contributed by atoms with E-state index in [9.17, 15) is 0 Å². The first-order valence-corrected chi connectivity index (χ1v) is 6.77. The fourth-order valence-electron chi connectivity index (χ4n) is 1.60. The van der Waals surface area contributed by atoms with Gasteiger partial charge in [-0.05, 0) is 24.6 Å². The van der Waals surface area contributed by atoms with E-state index in [2.05, 4.69) is 11.8 Å². The van der Waals surface area contributed by atoms with Gasteiger partial charge in [0.05, 0.1) is 31.9 Å². The summed E-state index contributed by atoms with van der Waals surface area (Å²) >= 11 is 0. The molecule has 0 bridgehead atoms. The molecule has 0 aliphatic heterocycles. The van der Waals surface area contributed by atoms with Crippen LogP contribution in [-0.2, 0) is 9.47 Å². The van der Waals surface area contributed by atoms with Crippen LogP contribution in [0.5, 0.6) is 5.75 Å². The van der Waals surface area contributed by atoms with Crippen LogP contribution in [0.15, 0.2) is 18.2 Å². The fourth-order valence-corrected chi connectivity index (χ4v) is 1.60. The van der Waals surface area contributed by atoms with Crippen molar-refractivity contribution in [2.45, 2.75) is 13.3 Å². The highest BCUT2D eigenvalue weighted by molar-refractivity contribution is 5.48. The molecule has 0 aromatic heterocycles. The second-order valence-electron chi connectivity index (χ2n) is 4.31. The Bertz CT molecular complexity index is 449. The van der Waals surface area contributed by atoms with Crippen LogP contribution in [0.3, 0.4) is 0 Å². The number of hydrogen-bond donors (Lipinski definition) is 1. The Morgan fingerprint density at radius 1 is 1.15 bits per heavy atom. The van der Waals surface area contributed by atoms with E-state index in [4.69, 9.17) is 19.9 Å². The topological polar surface area (TPSA) is 53.7 Å². The molecule has 1 rings (SSSR count). The Morgan fingerprint density at radius 2 is 2.00 bits per heavy atom. The van der Waals surface area contributed by atoms with Crippen molar-refractivity contribution in [3.8, 4) is 17.6 Å². The number of hydrogen-bond acceptors (Lipinski definition) is 4. The zero-order valence-corrected chi connectivity index (χ0v) is 12.3. The molecule has 20 heavy (non-hydrogen) atoms. The number of rotatable bonds is 8. The number of nitrogens with two attached hydrogens (primary N) is 1. The van der Waals surface area contributed by atoms with Crippen molar-refractivity contribution in [1.82, 2.24) is 0 Å². The molecular weight excluding hydrogens is 254 g/mol. The Labute approximate surface area is 121 Å². The van der Waals surface area contributed by atoms with E-state index < -0.39 is 0 Å². The molecule has 0 aliphatic rings. The maximum atomic E-state index is 5.74. The molecule has 0 radical (unpaired) electrons. The molecule has 0 heterocycles. The van der Waals surface area contributed by atoms with Crippen molar-refractivity contribution < 1.29 is 14.2 Å². The average molecular weight is 277 g/mol. The van der Waals surface area contributed by atoms with Crippen molar-refractivity contribution in [2.24, 2.45) is 5.73 Å². The monoisotopic (exact) mass is 277 g/mol. The van der Waals surface area contributed by atoms with Gasteiger partial charge in [0.2, 0.25) is 0 Å². The van der Waals surface area contributed by atoms with E-state index in [1.54, 1.807) is 7.11 Å². The molecule has 0 saturated heterocycles. The van der Waals surface area contributed by atoms with Crippen molar-refractivity contribution in [1.29, 1.82) is 0 Å². The van der Waals surface area contributed by atoms with E-state index in [-0.39, 0.29) is 0 Å². The molecule has 0 spiro atoms. The highest BCUT2D eigenvalue weighted by Gasteiger charge is 2.01. The summed E-state index contributed by atoms with van der Waals surface area (Å²) in [5, 5.41) is 0. The molecule has 2 N–H and O–H groups in total. The van der Waals surface area contributed by atoms with Gasteiger partial charge in [0.25, 0.3) is 0 Å². The van der Waals surface area contributed by atoms with Crippen LogP contribution in [0, 0.1) is 18.8 Å². The lowest BCUT2D eigenvalue weighted by Crippen LogP contribution is -2.07. The summed E-state index contributed by atoms with van der Waals surface area (Å²) in [4.78, 5) is 0. The van der Waals surface area contributed by atoms with Crippen molar-refractivity contribution in [3.05, 3.63) is 29.3 Å². The lowest BCUT2D eigenvalue weighted by atomic mass is 10.1. The molecule has 0 aliphatic carbocycles. The maximum absolute atomic E-state index is 5.74. The summed E-state index contributed by atoms with van der Waals surface area (Å²) in [5.74, 6) is 6.69. The molecule has 0 atom stereocenters. The number of ether oxygens (including phenoxy) is 3. The predicted molar refractivity (Wildman–Crippen MR) is 79.9 cm³/mol. The zero-order chi connectivity index (χ0) is 14.6. The second kappa shape index (κ2) is 10.3. The maximum Gasteiger partial charge on any atom is 0.134 e. The molecule has 0 unspecified atom stereocenters. The van der Waals surface area contributed by atoms with Crippen molar-refractivity contribution in [3.63, 3.8) is 0 Å². The first-order chi connectivity index (χ1) is 9.77. The van der Waals surface area contributed by atoms with Gasteiger partial charge in [0.1, 0.15) is 5.75 Å². The fraction of sp³-hybridized carbons (Fsp3) is 0.500. The van der Waals surface area contributed by atoms with Crippen LogP contribution in [0.1, 0.15) is 17.5 Å². The Balaban J connectivity index is 2.39. The highest BCUT2D eigenvalue weighted by atomic mass is 16.5. The van der Waals surface area contributed by atoms with Crippen LogP contribution in [0.4, 0.5) is 0 Å². The summed E-state index contributed by atoms with van der Waals surface area (Å²) in [6.45, 7) is 4.89. The van der Waals surface area contributed by atoms with Gasteiger partial charge >= 0.3 is 0 Å². The summed E-state index contributed by atoms with van der Waals surface area (Å²) in [6.07, 6.45) is 0.835. The third kappa shape index (κ3) is 6.58. The normalized spacial score (nSPS) is 9.95. The molecule has 0 amide bonds. The van der Waals surface area contributed by atoms with Gasteiger partial charge in [-0.25, -0.2) is 0 Å². The van der Waals surface area contributed by atoms with Crippen molar-refractivity contribution in [2.75, 3.05) is 40.1 Å². The van der Waals surface area contributed by atoms with Crippen LogP contribution in [0.25, 0.3) is 0 Å². The highest BCUT2D eigenvalue weighted by Crippen LogP contribution is 2.19. The predicted octanol–water partition coefficient (Wildman–Crippen LogP) is 1.74. The minimum absolute atomic E-state index is 0.348. The van der Waals surface area contributed by atoms with E-state index in [1.807, 2.05) is 25.1 Å². The molecule has 0 fully saturated rings. The lowest BCUT2D eigenvalue weighted by Gasteiger charge is -2.09. The van der Waals surface area contributed by atoms with E-state index in [0.29, 0.717) is 33.0 Å². The molecule has 4 heteroatoms. The van der Waals surface area contributed by atoms with E-state index in [0.717, 1.165) is 23.3 Å². The Hall–Kier alpha value is -1.54. The SMILES string of the molecule is COCCOCCCOc1ccc(C)cc1C#CCN. The van der Waals surface area contributed by atoms with E-state index in [1.165, 1.54) is 0 Å². The number of methoxy groups -OCH3 is 1. The van der Waals surface area contributed by atoms with Crippen LogP contribution < -0.4 is 10.5 Å². The number of aryl methyl sites for hydroxylation is 1. The zero-order valence-electron chi connectivity index (χ0n) is 12.3. The Kier molecular flexibility index (Phi) is 8.48. The van der Waals surface area contributed by atoms with Gasteiger partial charge in [-0.1, -0.05) is 17.9 Å². The molecule has 1 aromatic carbocycles. The molecule has 4 nitrogen and oxygen atoms in total. The quantitative estimate of drug-likeness (QED) is 0.581. The van der Waals surface area contributed by atoms with Gasteiger partial charge in [0, 0.05) is 20.1 Å². The average Bonchev–Trinajstić information content (AvgIpc) is 2.45. The van der Waals surface area contributed by atoms with Crippen LogP contribution in [0.2, 0.25) is 0 Å². The lowest BCUT2D eigenvalue weighted by molar-refractivity contribution is 0.0644. The Morgan fingerprint density at radius 3 is 2.75 bits per heavy atom.